The second-order valence-corrected chi connectivity index (χ2v) is 3.18. The van der Waals surface area contributed by atoms with Crippen molar-refractivity contribution in [3.8, 4) is 0 Å². The first-order chi connectivity index (χ1) is 6.24. The number of hydrogen-bond acceptors (Lipinski definition) is 3. The largest absolute Gasteiger partial charge is 0.378 e. The van der Waals surface area contributed by atoms with Crippen LogP contribution in [-0.2, 0) is 6.54 Å². The quantitative estimate of drug-likeness (QED) is 0.754. The van der Waals surface area contributed by atoms with Gasteiger partial charge in [-0.2, -0.15) is 0 Å². The highest BCUT2D eigenvalue weighted by atomic mass is 15.1. The van der Waals surface area contributed by atoms with E-state index in [-0.39, 0.29) is 0 Å². The van der Waals surface area contributed by atoms with E-state index in [0.717, 1.165) is 18.8 Å². The number of rotatable bonds is 4. The molecule has 3 heteroatoms. The van der Waals surface area contributed by atoms with Crippen molar-refractivity contribution in [2.75, 3.05) is 25.5 Å². The third-order valence-electron chi connectivity index (χ3n) is 1.87. The van der Waals surface area contributed by atoms with Gasteiger partial charge in [-0.1, -0.05) is 6.92 Å². The summed E-state index contributed by atoms with van der Waals surface area (Å²) in [5.74, 6) is 0. The molecule has 13 heavy (non-hydrogen) atoms. The first kappa shape index (κ1) is 9.99. The molecule has 0 unspecified atom stereocenters. The van der Waals surface area contributed by atoms with E-state index in [1.807, 2.05) is 26.4 Å². The molecule has 1 aromatic rings. The lowest BCUT2D eigenvalue weighted by Crippen LogP contribution is -2.14. The number of nitrogens with zero attached hydrogens (tertiary/aromatic N) is 2. The van der Waals surface area contributed by atoms with Crippen molar-refractivity contribution in [3.05, 3.63) is 24.0 Å². The highest BCUT2D eigenvalue weighted by Gasteiger charge is 1.97. The second kappa shape index (κ2) is 4.82. The lowest BCUT2D eigenvalue weighted by molar-refractivity contribution is 0.710. The van der Waals surface area contributed by atoms with E-state index < -0.39 is 0 Å². The molecule has 0 aliphatic rings. The molecule has 0 aliphatic carbocycles. The Morgan fingerprint density at radius 1 is 1.46 bits per heavy atom. The fourth-order valence-electron chi connectivity index (χ4n) is 1.09. The Bertz CT molecular complexity index is 258. The van der Waals surface area contributed by atoms with Gasteiger partial charge in [-0.25, -0.2) is 0 Å². The van der Waals surface area contributed by atoms with Gasteiger partial charge < -0.3 is 10.2 Å². The third kappa shape index (κ3) is 3.03. The Balaban J connectivity index is 2.68. The van der Waals surface area contributed by atoms with E-state index in [1.165, 1.54) is 5.69 Å². The molecule has 0 atom stereocenters. The fourth-order valence-corrected chi connectivity index (χ4v) is 1.09. The Morgan fingerprint density at radius 2 is 2.23 bits per heavy atom. The third-order valence-corrected chi connectivity index (χ3v) is 1.87. The Morgan fingerprint density at radius 3 is 2.85 bits per heavy atom. The average molecular weight is 179 g/mol. The van der Waals surface area contributed by atoms with Crippen molar-refractivity contribution in [2.24, 2.45) is 0 Å². The van der Waals surface area contributed by atoms with Crippen LogP contribution in [-0.4, -0.2) is 25.6 Å². The summed E-state index contributed by atoms with van der Waals surface area (Å²) in [6, 6.07) is 4.11. The van der Waals surface area contributed by atoms with Crippen LogP contribution in [0.15, 0.2) is 18.3 Å². The van der Waals surface area contributed by atoms with E-state index in [2.05, 4.69) is 28.2 Å². The molecular formula is C10H17N3. The van der Waals surface area contributed by atoms with Crippen molar-refractivity contribution < 1.29 is 0 Å². The molecular weight excluding hydrogens is 162 g/mol. The predicted octanol–water partition coefficient (Wildman–Crippen LogP) is 1.26. The molecule has 0 aromatic carbocycles. The van der Waals surface area contributed by atoms with Crippen molar-refractivity contribution in [1.82, 2.24) is 10.3 Å². The molecule has 0 radical (unpaired) electrons. The lowest BCUT2D eigenvalue weighted by atomic mass is 10.3. The van der Waals surface area contributed by atoms with Crippen LogP contribution in [0.1, 0.15) is 12.6 Å². The van der Waals surface area contributed by atoms with E-state index in [9.17, 15) is 0 Å². The summed E-state index contributed by atoms with van der Waals surface area (Å²) in [5.41, 5.74) is 2.29. The van der Waals surface area contributed by atoms with Gasteiger partial charge in [0.25, 0.3) is 0 Å². The normalized spacial score (nSPS) is 10.1. The summed E-state index contributed by atoms with van der Waals surface area (Å²) in [6.45, 7) is 3.92. The lowest BCUT2D eigenvalue weighted by Gasteiger charge is -2.12. The van der Waals surface area contributed by atoms with Crippen LogP contribution in [0.2, 0.25) is 0 Å². The molecule has 72 valence electrons. The summed E-state index contributed by atoms with van der Waals surface area (Å²) in [4.78, 5) is 6.35. The van der Waals surface area contributed by atoms with E-state index in [4.69, 9.17) is 0 Å². The summed E-state index contributed by atoms with van der Waals surface area (Å²) in [5, 5.41) is 3.25. The summed E-state index contributed by atoms with van der Waals surface area (Å²) in [6.07, 6.45) is 1.85. The van der Waals surface area contributed by atoms with Crippen molar-refractivity contribution in [2.45, 2.75) is 13.5 Å². The van der Waals surface area contributed by atoms with Gasteiger partial charge in [-0.3, -0.25) is 4.98 Å². The van der Waals surface area contributed by atoms with E-state index in [1.54, 1.807) is 0 Å². The van der Waals surface area contributed by atoms with Crippen molar-refractivity contribution in [3.63, 3.8) is 0 Å². The van der Waals surface area contributed by atoms with Gasteiger partial charge in [0, 0.05) is 32.5 Å². The molecule has 1 heterocycles. The molecule has 0 saturated heterocycles. The smallest absolute Gasteiger partial charge is 0.0562 e. The van der Waals surface area contributed by atoms with Gasteiger partial charge in [0.2, 0.25) is 0 Å². The Kier molecular flexibility index (Phi) is 3.71. The first-order valence-electron chi connectivity index (χ1n) is 4.57. The summed E-state index contributed by atoms with van der Waals surface area (Å²) in [7, 11) is 4.07. The van der Waals surface area contributed by atoms with Gasteiger partial charge in [0.1, 0.15) is 0 Å². The first-order valence-corrected chi connectivity index (χ1v) is 4.57. The molecule has 1 aromatic heterocycles. The van der Waals surface area contributed by atoms with Crippen molar-refractivity contribution in [1.29, 1.82) is 0 Å². The minimum Gasteiger partial charge on any atom is -0.378 e. The molecule has 0 fully saturated rings. The van der Waals surface area contributed by atoms with Crippen LogP contribution in [0.3, 0.4) is 0 Å². The van der Waals surface area contributed by atoms with Crippen LogP contribution in [0, 0.1) is 0 Å². The predicted molar refractivity (Wildman–Crippen MR) is 55.9 cm³/mol. The van der Waals surface area contributed by atoms with Crippen LogP contribution >= 0.6 is 0 Å². The molecule has 1 N–H and O–H groups in total. The average Bonchev–Trinajstić information content (AvgIpc) is 2.15. The zero-order chi connectivity index (χ0) is 9.68. The molecule has 1 rings (SSSR count). The van der Waals surface area contributed by atoms with Crippen LogP contribution in [0.5, 0.6) is 0 Å². The molecule has 3 nitrogen and oxygen atoms in total. The Labute approximate surface area is 79.8 Å². The van der Waals surface area contributed by atoms with Gasteiger partial charge in [-0.05, 0) is 18.7 Å². The number of pyridine rings is 1. The fraction of sp³-hybridized carbons (Fsp3) is 0.500. The van der Waals surface area contributed by atoms with E-state index in [0.29, 0.717) is 0 Å². The molecule has 0 amide bonds. The SMILES string of the molecule is CCNCc1cc(N(C)C)ccn1. The maximum absolute atomic E-state index is 4.27. The summed E-state index contributed by atoms with van der Waals surface area (Å²) >= 11 is 0. The van der Waals surface area contributed by atoms with Gasteiger partial charge in [0.15, 0.2) is 0 Å². The molecule has 0 aliphatic heterocycles. The topological polar surface area (TPSA) is 28.2 Å². The van der Waals surface area contributed by atoms with Crippen LogP contribution in [0.4, 0.5) is 5.69 Å². The standard InChI is InChI=1S/C10H17N3/c1-4-11-8-9-7-10(13(2)3)5-6-12-9/h5-7,11H,4,8H2,1-3H3. The molecule has 0 spiro atoms. The maximum atomic E-state index is 4.27. The van der Waals surface area contributed by atoms with Crippen LogP contribution in [0.25, 0.3) is 0 Å². The number of anilines is 1. The highest BCUT2D eigenvalue weighted by molar-refractivity contribution is 5.44. The van der Waals surface area contributed by atoms with Crippen molar-refractivity contribution >= 4 is 5.69 Å². The summed E-state index contributed by atoms with van der Waals surface area (Å²) < 4.78 is 0. The molecule has 0 saturated carbocycles. The second-order valence-electron chi connectivity index (χ2n) is 3.18. The molecule has 0 bridgehead atoms. The number of nitrogens with one attached hydrogen (secondary N) is 1. The highest BCUT2D eigenvalue weighted by Crippen LogP contribution is 2.10. The monoisotopic (exact) mass is 179 g/mol. The van der Waals surface area contributed by atoms with Crippen LogP contribution < -0.4 is 10.2 Å². The van der Waals surface area contributed by atoms with Gasteiger partial charge in [-0.15, -0.1) is 0 Å². The maximum Gasteiger partial charge on any atom is 0.0562 e. The Hall–Kier alpha value is -1.09. The zero-order valence-corrected chi connectivity index (χ0v) is 8.54. The van der Waals surface area contributed by atoms with Gasteiger partial charge >= 0.3 is 0 Å². The zero-order valence-electron chi connectivity index (χ0n) is 8.54. The minimum absolute atomic E-state index is 0.845. The minimum atomic E-state index is 0.845. The number of aromatic nitrogens is 1. The van der Waals surface area contributed by atoms with Gasteiger partial charge in [0.05, 0.1) is 5.69 Å². The van der Waals surface area contributed by atoms with E-state index >= 15 is 0 Å². The number of hydrogen-bond donors (Lipinski definition) is 1.